The molecule has 3 aromatic heterocycles. The topological polar surface area (TPSA) is 31.0 Å². The monoisotopic (exact) mass is 558 g/mol. The zero-order valence-corrected chi connectivity index (χ0v) is 24.9. The van der Waals surface area contributed by atoms with E-state index in [0.29, 0.717) is 0 Å². The summed E-state index contributed by atoms with van der Waals surface area (Å²) in [6.07, 6.45) is 2.03. The molecule has 0 spiro atoms. The quantitative estimate of drug-likeness (QED) is 0.201. The lowest BCUT2D eigenvalue weighted by molar-refractivity contribution is 0.670. The maximum atomic E-state index is 6.40. The number of rotatable bonds is 4. The van der Waals surface area contributed by atoms with Crippen LogP contribution >= 0.6 is 0 Å². The van der Waals surface area contributed by atoms with E-state index in [1.165, 1.54) is 32.9 Å². The lowest BCUT2D eigenvalue weighted by Gasteiger charge is -2.21. The molecule has 0 aliphatic carbocycles. The van der Waals surface area contributed by atoms with Gasteiger partial charge in [0.25, 0.3) is 0 Å². The highest BCUT2D eigenvalue weighted by Gasteiger charge is 2.22. The van der Waals surface area contributed by atoms with Crippen LogP contribution in [0.5, 0.6) is 0 Å². The predicted molar refractivity (Wildman–Crippen MR) is 180 cm³/mol. The number of furan rings is 1. The Morgan fingerprint density at radius 1 is 0.595 bits per heavy atom. The van der Waals surface area contributed by atoms with Crippen LogP contribution in [0.2, 0.25) is 19.6 Å². The minimum absolute atomic E-state index is 0.873. The van der Waals surface area contributed by atoms with Crippen LogP contribution in [0.25, 0.3) is 71.8 Å². The van der Waals surface area contributed by atoms with E-state index in [2.05, 4.69) is 133 Å². The summed E-state index contributed by atoms with van der Waals surface area (Å²) in [5, 5.41) is 6.02. The molecular weight excluding hydrogens is 529 g/mol. The second-order valence-corrected chi connectivity index (χ2v) is 17.1. The molecule has 202 valence electrons. The number of hydrogen-bond donors (Lipinski definition) is 0. The fourth-order valence-electron chi connectivity index (χ4n) is 6.27. The molecule has 0 saturated carbocycles. The number of benzene rings is 5. The van der Waals surface area contributed by atoms with Crippen molar-refractivity contribution in [1.82, 2.24) is 9.55 Å². The van der Waals surface area contributed by atoms with Crippen LogP contribution < -0.4 is 5.19 Å². The summed E-state index contributed by atoms with van der Waals surface area (Å²) in [6.45, 7) is 7.23. The second-order valence-electron chi connectivity index (χ2n) is 12.1. The van der Waals surface area contributed by atoms with E-state index < -0.39 is 8.07 Å². The summed E-state index contributed by atoms with van der Waals surface area (Å²) in [6, 6.07) is 43.3. The van der Waals surface area contributed by atoms with E-state index in [0.717, 1.165) is 44.1 Å². The number of para-hydroxylation sites is 3. The average molecular weight is 559 g/mol. The summed E-state index contributed by atoms with van der Waals surface area (Å²) >= 11 is 0. The van der Waals surface area contributed by atoms with Crippen molar-refractivity contribution in [2.24, 2.45) is 0 Å². The normalized spacial score (nSPS) is 12.2. The van der Waals surface area contributed by atoms with E-state index in [-0.39, 0.29) is 0 Å². The van der Waals surface area contributed by atoms with E-state index >= 15 is 0 Å². The third-order valence-electron chi connectivity index (χ3n) is 8.43. The van der Waals surface area contributed by atoms with Gasteiger partial charge in [0.05, 0.1) is 30.5 Å². The van der Waals surface area contributed by atoms with Crippen molar-refractivity contribution in [1.29, 1.82) is 0 Å². The van der Waals surface area contributed by atoms with Gasteiger partial charge in [0.2, 0.25) is 0 Å². The molecular formula is C38H30N2OSi. The molecule has 3 nitrogen and oxygen atoms in total. The Hall–Kier alpha value is -4.93. The largest absolute Gasteiger partial charge is 0.455 e. The van der Waals surface area contributed by atoms with Crippen molar-refractivity contribution in [3.05, 3.63) is 128 Å². The first-order valence-corrected chi connectivity index (χ1v) is 18.0. The number of pyridine rings is 1. The third-order valence-corrected chi connectivity index (χ3v) is 10.5. The maximum absolute atomic E-state index is 6.40. The van der Waals surface area contributed by atoms with Crippen LogP contribution in [0, 0.1) is 0 Å². The average Bonchev–Trinajstić information content (AvgIpc) is 3.56. The van der Waals surface area contributed by atoms with Gasteiger partial charge in [-0.1, -0.05) is 116 Å². The molecule has 4 heteroatoms. The Morgan fingerprint density at radius 2 is 1.33 bits per heavy atom. The fraction of sp³-hybridized carbons (Fsp3) is 0.0789. The minimum Gasteiger partial charge on any atom is -0.455 e. The summed E-state index contributed by atoms with van der Waals surface area (Å²) in [5.74, 6) is 0. The van der Waals surface area contributed by atoms with Gasteiger partial charge in [-0.25, -0.2) is 0 Å². The molecule has 8 aromatic rings. The van der Waals surface area contributed by atoms with Crippen molar-refractivity contribution >= 4 is 57.0 Å². The van der Waals surface area contributed by atoms with Crippen molar-refractivity contribution in [2.75, 3.05) is 0 Å². The van der Waals surface area contributed by atoms with Crippen LogP contribution in [0.15, 0.2) is 132 Å². The lowest BCUT2D eigenvalue weighted by Crippen LogP contribution is -2.37. The Labute approximate surface area is 245 Å². The number of fused-ring (bicyclic) bond motifs is 6. The van der Waals surface area contributed by atoms with Gasteiger partial charge < -0.3 is 8.98 Å². The standard InChI is InChI=1S/C38H30N2OSi/c1-42(2,3)26-20-21-35(31(22-26)25-12-5-4-6-13-25)40-34-18-9-7-14-27(34)32-24-39-33(23-36(32)40)30-17-11-16-29-28-15-8-10-19-37(28)41-38(29)30/h4-24H,1-3H3. The predicted octanol–water partition coefficient (Wildman–Crippen LogP) is 9.96. The zero-order chi connectivity index (χ0) is 28.4. The maximum Gasteiger partial charge on any atom is 0.144 e. The highest BCUT2D eigenvalue weighted by atomic mass is 28.3. The molecule has 42 heavy (non-hydrogen) atoms. The van der Waals surface area contributed by atoms with Gasteiger partial charge in [0.15, 0.2) is 0 Å². The summed E-state index contributed by atoms with van der Waals surface area (Å²) in [4.78, 5) is 5.01. The van der Waals surface area contributed by atoms with Gasteiger partial charge in [-0.3, -0.25) is 4.98 Å². The van der Waals surface area contributed by atoms with Gasteiger partial charge in [-0.15, -0.1) is 0 Å². The molecule has 0 unspecified atom stereocenters. The molecule has 0 aliphatic heterocycles. The van der Waals surface area contributed by atoms with Crippen molar-refractivity contribution in [2.45, 2.75) is 19.6 Å². The Balaban J connectivity index is 1.44. The number of nitrogens with zero attached hydrogens (tertiary/aromatic N) is 2. The van der Waals surface area contributed by atoms with Gasteiger partial charge >= 0.3 is 0 Å². The Kier molecular flexibility index (Phi) is 5.50. The van der Waals surface area contributed by atoms with Crippen LogP contribution in [-0.4, -0.2) is 17.6 Å². The number of aromatic nitrogens is 2. The fourth-order valence-corrected chi connectivity index (χ4v) is 7.43. The van der Waals surface area contributed by atoms with E-state index in [4.69, 9.17) is 9.40 Å². The van der Waals surface area contributed by atoms with Crippen molar-refractivity contribution in [3.8, 4) is 28.1 Å². The van der Waals surface area contributed by atoms with Crippen LogP contribution in [0.1, 0.15) is 0 Å². The first-order chi connectivity index (χ1) is 20.5. The minimum atomic E-state index is -1.54. The molecule has 0 radical (unpaired) electrons. The molecule has 8 rings (SSSR count). The highest BCUT2D eigenvalue weighted by Crippen LogP contribution is 2.39. The van der Waals surface area contributed by atoms with Gasteiger partial charge in [-0.05, 0) is 35.9 Å². The van der Waals surface area contributed by atoms with Gasteiger partial charge in [-0.2, -0.15) is 0 Å². The Morgan fingerprint density at radius 3 is 2.17 bits per heavy atom. The van der Waals surface area contributed by atoms with Crippen molar-refractivity contribution < 1.29 is 4.42 Å². The van der Waals surface area contributed by atoms with E-state index in [1.807, 2.05) is 18.3 Å². The first-order valence-electron chi connectivity index (χ1n) is 14.5. The van der Waals surface area contributed by atoms with Crippen LogP contribution in [-0.2, 0) is 0 Å². The molecule has 0 amide bonds. The lowest BCUT2D eigenvalue weighted by atomic mass is 10.0. The summed E-state index contributed by atoms with van der Waals surface area (Å²) in [5.41, 5.74) is 9.61. The SMILES string of the molecule is C[Si](C)(C)c1ccc(-n2c3ccccc3c3cnc(-c4cccc5c4oc4ccccc45)cc32)c(-c2ccccc2)c1. The van der Waals surface area contributed by atoms with Crippen LogP contribution in [0.4, 0.5) is 0 Å². The Bertz CT molecular complexity index is 2290. The molecule has 0 bridgehead atoms. The molecule has 0 saturated heterocycles. The first kappa shape index (κ1) is 24.8. The second kappa shape index (κ2) is 9.30. The molecule has 5 aromatic carbocycles. The van der Waals surface area contributed by atoms with E-state index in [1.54, 1.807) is 0 Å². The third kappa shape index (κ3) is 3.83. The van der Waals surface area contributed by atoms with Crippen molar-refractivity contribution in [3.63, 3.8) is 0 Å². The summed E-state index contributed by atoms with van der Waals surface area (Å²) in [7, 11) is -1.54. The molecule has 0 N–H and O–H groups in total. The van der Waals surface area contributed by atoms with Crippen LogP contribution in [0.3, 0.4) is 0 Å². The molecule has 0 atom stereocenters. The van der Waals surface area contributed by atoms with Gasteiger partial charge in [0, 0.05) is 38.9 Å². The number of hydrogen-bond acceptors (Lipinski definition) is 2. The zero-order valence-electron chi connectivity index (χ0n) is 23.9. The van der Waals surface area contributed by atoms with E-state index in [9.17, 15) is 0 Å². The molecule has 0 fully saturated rings. The summed E-state index contributed by atoms with van der Waals surface area (Å²) < 4.78 is 8.82. The highest BCUT2D eigenvalue weighted by molar-refractivity contribution is 6.88. The smallest absolute Gasteiger partial charge is 0.144 e. The van der Waals surface area contributed by atoms with Gasteiger partial charge in [0.1, 0.15) is 11.2 Å². The molecule has 0 aliphatic rings. The molecule has 3 heterocycles.